The summed E-state index contributed by atoms with van der Waals surface area (Å²) in [6.45, 7) is 4.44. The van der Waals surface area contributed by atoms with Crippen molar-refractivity contribution in [2.75, 3.05) is 5.32 Å². The summed E-state index contributed by atoms with van der Waals surface area (Å²) in [5, 5.41) is 3.19. The third-order valence-electron chi connectivity index (χ3n) is 3.37. The van der Waals surface area contributed by atoms with Crippen LogP contribution in [-0.4, -0.2) is 15.0 Å². The zero-order chi connectivity index (χ0) is 16.8. The third kappa shape index (κ3) is 4.52. The summed E-state index contributed by atoms with van der Waals surface area (Å²) in [7, 11) is 0. The predicted octanol–water partition coefficient (Wildman–Crippen LogP) is 4.61. The predicted molar refractivity (Wildman–Crippen MR) is 94.6 cm³/mol. The Morgan fingerprint density at radius 2 is 1.58 bits per heavy atom. The van der Waals surface area contributed by atoms with Crippen molar-refractivity contribution in [2.45, 2.75) is 20.3 Å². The maximum Gasteiger partial charge on any atom is 0.227 e. The van der Waals surface area contributed by atoms with E-state index in [1.165, 1.54) is 5.56 Å². The van der Waals surface area contributed by atoms with Crippen molar-refractivity contribution in [3.8, 4) is 11.5 Å². The molecule has 0 saturated carbocycles. The van der Waals surface area contributed by atoms with Gasteiger partial charge in [0.1, 0.15) is 5.75 Å². The lowest BCUT2D eigenvalue weighted by Gasteiger charge is -2.08. The first kappa shape index (κ1) is 15.9. The lowest BCUT2D eigenvalue weighted by atomic mass is 10.0. The number of rotatable bonds is 6. The van der Waals surface area contributed by atoms with Crippen LogP contribution in [0.4, 0.5) is 11.6 Å². The summed E-state index contributed by atoms with van der Waals surface area (Å²) in [5.74, 6) is 2.47. The second kappa shape index (κ2) is 7.55. The molecule has 122 valence electrons. The smallest absolute Gasteiger partial charge is 0.227 e. The molecule has 0 aliphatic rings. The van der Waals surface area contributed by atoms with E-state index in [0.29, 0.717) is 23.4 Å². The molecule has 1 N–H and O–H groups in total. The first-order valence-electron chi connectivity index (χ1n) is 7.95. The summed E-state index contributed by atoms with van der Waals surface area (Å²) in [4.78, 5) is 12.5. The van der Waals surface area contributed by atoms with Crippen molar-refractivity contribution in [1.82, 2.24) is 15.0 Å². The van der Waals surface area contributed by atoms with E-state index in [1.807, 2.05) is 12.1 Å². The molecule has 5 heteroatoms. The van der Waals surface area contributed by atoms with Crippen LogP contribution >= 0.6 is 0 Å². The summed E-state index contributed by atoms with van der Waals surface area (Å²) in [5.41, 5.74) is 2.29. The molecule has 0 aliphatic heterocycles. The molecule has 3 aromatic rings. The Labute approximate surface area is 141 Å². The molecule has 0 radical (unpaired) electrons. The molecule has 2 heterocycles. The lowest BCUT2D eigenvalue weighted by molar-refractivity contribution is 0.477. The number of nitrogens with zero attached hydrogens (tertiary/aromatic N) is 3. The second-order valence-electron chi connectivity index (χ2n) is 5.95. The van der Waals surface area contributed by atoms with Crippen LogP contribution in [-0.2, 0) is 6.42 Å². The van der Waals surface area contributed by atoms with Crippen LogP contribution in [0.1, 0.15) is 19.4 Å². The van der Waals surface area contributed by atoms with Crippen molar-refractivity contribution in [2.24, 2.45) is 5.92 Å². The van der Waals surface area contributed by atoms with Gasteiger partial charge >= 0.3 is 0 Å². The Morgan fingerprint density at radius 3 is 2.21 bits per heavy atom. The van der Waals surface area contributed by atoms with E-state index < -0.39 is 0 Å². The topological polar surface area (TPSA) is 59.9 Å². The van der Waals surface area contributed by atoms with Crippen LogP contribution in [0.2, 0.25) is 0 Å². The second-order valence-corrected chi connectivity index (χ2v) is 5.95. The van der Waals surface area contributed by atoms with Gasteiger partial charge in [0.05, 0.1) is 12.4 Å². The highest BCUT2D eigenvalue weighted by molar-refractivity contribution is 5.53. The number of pyridine rings is 1. The highest BCUT2D eigenvalue weighted by atomic mass is 16.5. The van der Waals surface area contributed by atoms with Gasteiger partial charge < -0.3 is 10.1 Å². The molecule has 0 bridgehead atoms. The van der Waals surface area contributed by atoms with Gasteiger partial charge in [-0.25, -0.2) is 9.97 Å². The van der Waals surface area contributed by atoms with E-state index in [4.69, 9.17) is 4.74 Å². The highest BCUT2D eigenvalue weighted by Crippen LogP contribution is 2.20. The molecule has 0 atom stereocenters. The van der Waals surface area contributed by atoms with Crippen molar-refractivity contribution in [3.63, 3.8) is 0 Å². The van der Waals surface area contributed by atoms with Gasteiger partial charge in [0.2, 0.25) is 5.95 Å². The Kier molecular flexibility index (Phi) is 5.01. The summed E-state index contributed by atoms with van der Waals surface area (Å²) in [6, 6.07) is 11.9. The van der Waals surface area contributed by atoms with Gasteiger partial charge in [-0.3, -0.25) is 4.98 Å². The molecule has 1 aromatic carbocycles. The highest BCUT2D eigenvalue weighted by Gasteiger charge is 2.02. The van der Waals surface area contributed by atoms with E-state index in [0.717, 1.165) is 12.1 Å². The van der Waals surface area contributed by atoms with E-state index in [1.54, 1.807) is 36.9 Å². The molecule has 3 rings (SSSR count). The minimum atomic E-state index is 0.536. The molecule has 0 amide bonds. The number of hydrogen-bond acceptors (Lipinski definition) is 5. The molecule has 2 aromatic heterocycles. The molecular formula is C19H20N4O. The third-order valence-corrected chi connectivity index (χ3v) is 3.37. The maximum absolute atomic E-state index is 5.64. The van der Waals surface area contributed by atoms with E-state index in [9.17, 15) is 0 Å². The van der Waals surface area contributed by atoms with Crippen molar-refractivity contribution in [1.29, 1.82) is 0 Å². The van der Waals surface area contributed by atoms with Crippen LogP contribution in [0.15, 0.2) is 61.2 Å². The monoisotopic (exact) mass is 320 g/mol. The largest absolute Gasteiger partial charge is 0.454 e. The van der Waals surface area contributed by atoms with Gasteiger partial charge in [0.25, 0.3) is 0 Å². The van der Waals surface area contributed by atoms with Gasteiger partial charge in [-0.1, -0.05) is 26.0 Å². The Morgan fingerprint density at radius 1 is 0.917 bits per heavy atom. The zero-order valence-electron chi connectivity index (χ0n) is 13.8. The van der Waals surface area contributed by atoms with E-state index in [2.05, 4.69) is 46.2 Å². The average molecular weight is 320 g/mol. The Bertz CT molecular complexity index is 756. The maximum atomic E-state index is 5.64. The van der Waals surface area contributed by atoms with Gasteiger partial charge in [-0.2, -0.15) is 0 Å². The lowest BCUT2D eigenvalue weighted by Crippen LogP contribution is -1.98. The standard InChI is InChI=1S/C19H20N4O/c1-14(2)11-15-3-5-16(6-4-15)23-19-21-12-18(13-22-19)24-17-7-9-20-10-8-17/h3-10,12-14H,11H2,1-2H3,(H,21,22,23). The number of aromatic nitrogens is 3. The number of benzene rings is 1. The molecule has 0 saturated heterocycles. The molecule has 0 unspecified atom stereocenters. The first-order valence-corrected chi connectivity index (χ1v) is 7.95. The minimum absolute atomic E-state index is 0.536. The van der Waals surface area contributed by atoms with Gasteiger partial charge in [-0.15, -0.1) is 0 Å². The molecular weight excluding hydrogens is 300 g/mol. The number of anilines is 2. The van der Waals surface area contributed by atoms with Crippen LogP contribution in [0, 0.1) is 5.92 Å². The minimum Gasteiger partial charge on any atom is -0.454 e. The van der Waals surface area contributed by atoms with Crippen molar-refractivity contribution in [3.05, 3.63) is 66.7 Å². The quantitative estimate of drug-likeness (QED) is 0.719. The SMILES string of the molecule is CC(C)Cc1ccc(Nc2ncc(Oc3ccncc3)cn2)cc1. The van der Waals surface area contributed by atoms with Crippen LogP contribution < -0.4 is 10.1 Å². The fraction of sp³-hybridized carbons (Fsp3) is 0.211. The summed E-state index contributed by atoms with van der Waals surface area (Å²) >= 11 is 0. The average Bonchev–Trinajstić information content (AvgIpc) is 2.59. The molecule has 0 fully saturated rings. The van der Waals surface area contributed by atoms with Crippen LogP contribution in [0.5, 0.6) is 11.5 Å². The first-order chi connectivity index (χ1) is 11.7. The molecule has 0 spiro atoms. The van der Waals surface area contributed by atoms with Crippen molar-refractivity contribution >= 4 is 11.6 Å². The summed E-state index contributed by atoms with van der Waals surface area (Å²) < 4.78 is 5.64. The van der Waals surface area contributed by atoms with Crippen molar-refractivity contribution < 1.29 is 4.74 Å². The number of hydrogen-bond donors (Lipinski definition) is 1. The Balaban J connectivity index is 1.61. The van der Waals surface area contributed by atoms with Crippen LogP contribution in [0.3, 0.4) is 0 Å². The Hall–Kier alpha value is -2.95. The number of nitrogens with one attached hydrogen (secondary N) is 1. The summed E-state index contributed by atoms with van der Waals surface area (Å²) in [6.07, 6.45) is 7.72. The van der Waals surface area contributed by atoms with Gasteiger partial charge in [0.15, 0.2) is 5.75 Å². The fourth-order valence-electron chi connectivity index (χ4n) is 2.30. The van der Waals surface area contributed by atoms with E-state index in [-0.39, 0.29) is 0 Å². The van der Waals surface area contributed by atoms with Gasteiger partial charge in [-0.05, 0) is 42.2 Å². The van der Waals surface area contributed by atoms with Crippen LogP contribution in [0.25, 0.3) is 0 Å². The number of ether oxygens (including phenoxy) is 1. The molecule has 24 heavy (non-hydrogen) atoms. The van der Waals surface area contributed by atoms with E-state index >= 15 is 0 Å². The van der Waals surface area contributed by atoms with Gasteiger partial charge in [0, 0.05) is 18.1 Å². The normalized spacial score (nSPS) is 10.6. The molecule has 0 aliphatic carbocycles. The zero-order valence-corrected chi connectivity index (χ0v) is 13.8. The molecule has 5 nitrogen and oxygen atoms in total. The fourth-order valence-corrected chi connectivity index (χ4v) is 2.30.